The molecule has 2 nitrogen and oxygen atoms in total. The van der Waals surface area contributed by atoms with Crippen molar-refractivity contribution >= 4 is 22.7 Å². The van der Waals surface area contributed by atoms with Gasteiger partial charge in [0.1, 0.15) is 0 Å². The van der Waals surface area contributed by atoms with E-state index in [0.717, 1.165) is 17.7 Å². The van der Waals surface area contributed by atoms with E-state index in [1.807, 2.05) is 18.2 Å². The largest absolute Gasteiger partial charge is 0.326 e. The van der Waals surface area contributed by atoms with Gasteiger partial charge in [-0.15, -0.1) is 0 Å². The quantitative estimate of drug-likeness (QED) is 0.745. The second kappa shape index (κ2) is 6.64. The number of rotatable bonds is 5. The molecule has 0 aromatic heterocycles. The van der Waals surface area contributed by atoms with E-state index >= 15 is 0 Å². The molecule has 1 amide bonds. The molecule has 3 rings (SSSR count). The second-order valence-corrected chi connectivity index (χ2v) is 6.93. The Hall–Kier alpha value is -2.35. The maximum atomic E-state index is 11.5. The molecular weight excluding hydrogens is 294 g/mol. The molecule has 0 fully saturated rings. The van der Waals surface area contributed by atoms with Crippen molar-refractivity contribution in [3.8, 4) is 0 Å². The normalized spacial score (nSPS) is 19.8. The van der Waals surface area contributed by atoms with Crippen molar-refractivity contribution in [2.24, 2.45) is 5.41 Å². The molecule has 1 aliphatic carbocycles. The summed E-state index contributed by atoms with van der Waals surface area (Å²) in [6.07, 6.45) is 3.41. The summed E-state index contributed by atoms with van der Waals surface area (Å²) in [6, 6.07) is 18.8. The van der Waals surface area contributed by atoms with E-state index in [9.17, 15) is 4.79 Å². The van der Waals surface area contributed by atoms with Crippen LogP contribution in [-0.2, 0) is 4.79 Å². The Bertz CT molecular complexity index is 776. The van der Waals surface area contributed by atoms with Crippen molar-refractivity contribution in [2.45, 2.75) is 40.0 Å². The molecule has 0 spiro atoms. The summed E-state index contributed by atoms with van der Waals surface area (Å²) in [7, 11) is 0. The summed E-state index contributed by atoms with van der Waals surface area (Å²) in [6.45, 7) is 6.17. The monoisotopic (exact) mass is 319 g/mol. The molecule has 1 unspecified atom stereocenters. The fourth-order valence-electron chi connectivity index (χ4n) is 3.99. The van der Waals surface area contributed by atoms with Crippen molar-refractivity contribution in [3.05, 3.63) is 65.7 Å². The number of carbonyl (C=O) groups excluding carboxylic acids is 1. The number of para-hydroxylation sites is 1. The van der Waals surface area contributed by atoms with Gasteiger partial charge >= 0.3 is 0 Å². The molecule has 2 aromatic carbocycles. The van der Waals surface area contributed by atoms with Crippen LogP contribution >= 0.6 is 0 Å². The molecule has 2 aromatic rings. The van der Waals surface area contributed by atoms with Crippen LogP contribution in [0.3, 0.4) is 0 Å². The van der Waals surface area contributed by atoms with E-state index in [4.69, 9.17) is 0 Å². The van der Waals surface area contributed by atoms with Gasteiger partial charge in [-0.2, -0.15) is 0 Å². The highest BCUT2D eigenvalue weighted by molar-refractivity contribution is 6.04. The molecule has 0 saturated carbocycles. The van der Waals surface area contributed by atoms with Crippen molar-refractivity contribution < 1.29 is 4.79 Å². The molecule has 0 saturated heterocycles. The highest BCUT2D eigenvalue weighted by Crippen LogP contribution is 2.58. The van der Waals surface area contributed by atoms with E-state index in [-0.39, 0.29) is 11.3 Å². The Balaban J connectivity index is 2.13. The summed E-state index contributed by atoms with van der Waals surface area (Å²) in [4.78, 5) is 11.5. The number of allylic oxidation sites excluding steroid dienone is 2. The van der Waals surface area contributed by atoms with Crippen LogP contribution < -0.4 is 5.32 Å². The Labute approximate surface area is 144 Å². The number of benzene rings is 2. The summed E-state index contributed by atoms with van der Waals surface area (Å²) in [5.74, 6) is -0.0278. The predicted octanol–water partition coefficient (Wildman–Crippen LogP) is 5.77. The summed E-state index contributed by atoms with van der Waals surface area (Å²) in [5, 5.41) is 2.98. The maximum Gasteiger partial charge on any atom is 0.221 e. The van der Waals surface area contributed by atoms with Crippen LogP contribution in [0.15, 0.2) is 54.6 Å². The third-order valence-electron chi connectivity index (χ3n) is 4.90. The van der Waals surface area contributed by atoms with Crippen LogP contribution in [0.5, 0.6) is 0 Å². The Kier molecular flexibility index (Phi) is 4.57. The van der Waals surface area contributed by atoms with Crippen molar-refractivity contribution in [1.82, 2.24) is 0 Å². The Morgan fingerprint density at radius 1 is 1.08 bits per heavy atom. The fraction of sp³-hybridized carbons (Fsp3) is 0.318. The average molecular weight is 319 g/mol. The van der Waals surface area contributed by atoms with Crippen LogP contribution in [0.1, 0.15) is 51.2 Å². The van der Waals surface area contributed by atoms with E-state index < -0.39 is 0 Å². The lowest BCUT2D eigenvalue weighted by molar-refractivity contribution is -0.114. The topological polar surface area (TPSA) is 29.1 Å². The van der Waals surface area contributed by atoms with Gasteiger partial charge in [0.05, 0.1) is 0 Å². The zero-order valence-electron chi connectivity index (χ0n) is 14.7. The first-order chi connectivity index (χ1) is 11.5. The predicted molar refractivity (Wildman–Crippen MR) is 102 cm³/mol. The Morgan fingerprint density at radius 3 is 2.42 bits per heavy atom. The third kappa shape index (κ3) is 3.01. The van der Waals surface area contributed by atoms with Gasteiger partial charge in [0.2, 0.25) is 5.91 Å². The zero-order chi connectivity index (χ0) is 17.2. The van der Waals surface area contributed by atoms with E-state index in [2.05, 4.69) is 55.6 Å². The Morgan fingerprint density at radius 2 is 1.75 bits per heavy atom. The first kappa shape index (κ1) is 16.5. The average Bonchev–Trinajstić information content (AvgIpc) is 2.54. The van der Waals surface area contributed by atoms with Gasteiger partial charge in [-0.05, 0) is 41.0 Å². The number of hydrogen-bond acceptors (Lipinski definition) is 1. The summed E-state index contributed by atoms with van der Waals surface area (Å²) >= 11 is 0. The lowest BCUT2D eigenvalue weighted by Gasteiger charge is -2.45. The van der Waals surface area contributed by atoms with Gasteiger partial charge < -0.3 is 5.32 Å². The molecule has 2 heteroatoms. The number of anilines is 1. The van der Waals surface area contributed by atoms with Crippen LogP contribution in [-0.4, -0.2) is 5.91 Å². The summed E-state index contributed by atoms with van der Waals surface area (Å²) < 4.78 is 0. The molecule has 0 heterocycles. The van der Waals surface area contributed by atoms with Crippen LogP contribution in [0.2, 0.25) is 0 Å². The van der Waals surface area contributed by atoms with Crippen molar-refractivity contribution in [2.75, 3.05) is 5.32 Å². The highest BCUT2D eigenvalue weighted by atomic mass is 16.1. The second-order valence-electron chi connectivity index (χ2n) is 6.93. The SMILES string of the molecule is CCCC1(C)CC(c2ccccc2NC(C)=O)=C1c1ccccc1. The summed E-state index contributed by atoms with van der Waals surface area (Å²) in [5.41, 5.74) is 6.37. The molecule has 0 bridgehead atoms. The molecule has 1 aliphatic rings. The van der Waals surface area contributed by atoms with Gasteiger partial charge in [-0.3, -0.25) is 4.79 Å². The van der Waals surface area contributed by atoms with Gasteiger partial charge in [0, 0.05) is 18.2 Å². The number of nitrogens with one attached hydrogen (secondary N) is 1. The number of hydrogen-bond donors (Lipinski definition) is 1. The zero-order valence-corrected chi connectivity index (χ0v) is 14.7. The van der Waals surface area contributed by atoms with Gasteiger partial charge in [-0.1, -0.05) is 68.8 Å². The van der Waals surface area contributed by atoms with Crippen molar-refractivity contribution in [3.63, 3.8) is 0 Å². The first-order valence-electron chi connectivity index (χ1n) is 8.71. The van der Waals surface area contributed by atoms with Gasteiger partial charge in [-0.25, -0.2) is 0 Å². The minimum absolute atomic E-state index is 0.0278. The molecular formula is C22H25NO. The van der Waals surface area contributed by atoms with E-state index in [1.165, 1.54) is 29.6 Å². The van der Waals surface area contributed by atoms with E-state index in [0.29, 0.717) is 0 Å². The molecule has 124 valence electrons. The smallest absolute Gasteiger partial charge is 0.221 e. The minimum Gasteiger partial charge on any atom is -0.326 e. The van der Waals surface area contributed by atoms with Crippen LogP contribution in [0.25, 0.3) is 11.1 Å². The van der Waals surface area contributed by atoms with Gasteiger partial charge in [0.15, 0.2) is 0 Å². The molecule has 1 N–H and O–H groups in total. The first-order valence-corrected chi connectivity index (χ1v) is 8.71. The van der Waals surface area contributed by atoms with E-state index in [1.54, 1.807) is 6.92 Å². The number of amides is 1. The highest BCUT2D eigenvalue weighted by Gasteiger charge is 2.41. The standard InChI is InChI=1S/C22H25NO/c1-4-14-22(3)15-19(21(22)17-10-6-5-7-11-17)18-12-8-9-13-20(18)23-16(2)24/h5-13H,4,14-15H2,1-3H3,(H,23,24). The lowest BCUT2D eigenvalue weighted by atomic mass is 9.59. The third-order valence-corrected chi connectivity index (χ3v) is 4.90. The lowest BCUT2D eigenvalue weighted by Crippen LogP contribution is -2.29. The van der Waals surface area contributed by atoms with Crippen LogP contribution in [0, 0.1) is 5.41 Å². The minimum atomic E-state index is -0.0278. The molecule has 0 aliphatic heterocycles. The van der Waals surface area contributed by atoms with Gasteiger partial charge in [0.25, 0.3) is 0 Å². The van der Waals surface area contributed by atoms with Crippen LogP contribution in [0.4, 0.5) is 5.69 Å². The fourth-order valence-corrected chi connectivity index (χ4v) is 3.99. The molecule has 1 atom stereocenters. The van der Waals surface area contributed by atoms with Crippen molar-refractivity contribution in [1.29, 1.82) is 0 Å². The molecule has 0 radical (unpaired) electrons. The maximum absolute atomic E-state index is 11.5. The molecule has 24 heavy (non-hydrogen) atoms. The number of carbonyl (C=O) groups is 1.